The number of methoxy groups -OCH3 is 1. The van der Waals surface area contributed by atoms with Crippen molar-refractivity contribution < 1.29 is 9.53 Å². The van der Waals surface area contributed by atoms with Crippen LogP contribution < -0.4 is 0 Å². The maximum absolute atomic E-state index is 11.0. The Morgan fingerprint density at radius 1 is 1.46 bits per heavy atom. The van der Waals surface area contributed by atoms with E-state index in [2.05, 4.69) is 25.5 Å². The number of carbonyl (C=O) groups is 1. The fourth-order valence-electron chi connectivity index (χ4n) is 1.12. The number of esters is 1. The second-order valence-corrected chi connectivity index (χ2v) is 3.40. The van der Waals surface area contributed by atoms with Gasteiger partial charge in [-0.2, -0.15) is 0 Å². The Morgan fingerprint density at radius 3 is 2.46 bits per heavy atom. The topological polar surface area (TPSA) is 26.3 Å². The van der Waals surface area contributed by atoms with Gasteiger partial charge in [0.15, 0.2) is 0 Å². The van der Waals surface area contributed by atoms with Gasteiger partial charge >= 0.3 is 5.97 Å². The number of rotatable bonds is 5. The Kier molecular flexibility index (Phi) is 6.29. The van der Waals surface area contributed by atoms with Crippen LogP contribution in [-0.2, 0) is 9.53 Å². The largest absolute Gasteiger partial charge is 0.466 e. The molecule has 2 heteroatoms. The first-order chi connectivity index (χ1) is 6.13. The van der Waals surface area contributed by atoms with E-state index in [1.54, 1.807) is 6.08 Å². The standard InChI is InChI=1S/C11H20O2/c1-5-9(3)7-10(6-2)8-11(12)13-4/h8-9H,5-7H2,1-4H3. The van der Waals surface area contributed by atoms with Gasteiger partial charge in [-0.1, -0.05) is 32.8 Å². The molecule has 0 saturated heterocycles. The highest BCUT2D eigenvalue weighted by molar-refractivity contribution is 5.82. The Hall–Kier alpha value is -0.790. The second kappa shape index (κ2) is 6.70. The third-order valence-electron chi connectivity index (χ3n) is 2.28. The maximum atomic E-state index is 11.0. The van der Waals surface area contributed by atoms with Gasteiger partial charge in [0, 0.05) is 6.08 Å². The summed E-state index contributed by atoms with van der Waals surface area (Å²) in [7, 11) is 1.41. The van der Waals surface area contributed by atoms with Gasteiger partial charge in [-0.05, 0) is 18.8 Å². The van der Waals surface area contributed by atoms with Crippen molar-refractivity contribution in [1.29, 1.82) is 0 Å². The molecule has 0 amide bonds. The highest BCUT2D eigenvalue weighted by atomic mass is 16.5. The van der Waals surface area contributed by atoms with Crippen molar-refractivity contribution in [3.05, 3.63) is 11.6 Å². The molecule has 0 saturated carbocycles. The van der Waals surface area contributed by atoms with Crippen LogP contribution in [0.1, 0.15) is 40.0 Å². The van der Waals surface area contributed by atoms with Gasteiger partial charge in [0.05, 0.1) is 7.11 Å². The Morgan fingerprint density at radius 2 is 2.08 bits per heavy atom. The van der Waals surface area contributed by atoms with Crippen LogP contribution in [0.2, 0.25) is 0 Å². The zero-order chi connectivity index (χ0) is 10.3. The predicted molar refractivity (Wildman–Crippen MR) is 54.5 cm³/mol. The minimum atomic E-state index is -0.236. The van der Waals surface area contributed by atoms with Crippen molar-refractivity contribution in [3.8, 4) is 0 Å². The molecule has 0 N–H and O–H groups in total. The number of hydrogen-bond donors (Lipinski definition) is 0. The highest BCUT2D eigenvalue weighted by Crippen LogP contribution is 2.16. The summed E-state index contributed by atoms with van der Waals surface area (Å²) in [6.45, 7) is 6.42. The molecule has 0 fully saturated rings. The van der Waals surface area contributed by atoms with Crippen LogP contribution in [-0.4, -0.2) is 13.1 Å². The lowest BCUT2D eigenvalue weighted by molar-refractivity contribution is -0.134. The lowest BCUT2D eigenvalue weighted by Gasteiger charge is -2.09. The van der Waals surface area contributed by atoms with Crippen molar-refractivity contribution in [2.24, 2.45) is 5.92 Å². The van der Waals surface area contributed by atoms with E-state index in [9.17, 15) is 4.79 Å². The van der Waals surface area contributed by atoms with E-state index >= 15 is 0 Å². The summed E-state index contributed by atoms with van der Waals surface area (Å²) in [6.07, 6.45) is 4.70. The molecule has 0 aliphatic heterocycles. The van der Waals surface area contributed by atoms with Gasteiger partial charge in [-0.25, -0.2) is 4.79 Å². The van der Waals surface area contributed by atoms with Gasteiger partial charge in [0.1, 0.15) is 0 Å². The molecule has 0 heterocycles. The minimum absolute atomic E-state index is 0.236. The van der Waals surface area contributed by atoms with Crippen molar-refractivity contribution in [2.45, 2.75) is 40.0 Å². The van der Waals surface area contributed by atoms with Crippen LogP contribution in [0.4, 0.5) is 0 Å². The van der Waals surface area contributed by atoms with Crippen molar-refractivity contribution in [3.63, 3.8) is 0 Å². The first-order valence-electron chi connectivity index (χ1n) is 4.91. The third kappa shape index (κ3) is 5.45. The van der Waals surface area contributed by atoms with Crippen molar-refractivity contribution in [2.75, 3.05) is 7.11 Å². The zero-order valence-electron chi connectivity index (χ0n) is 9.09. The number of ether oxygens (including phenoxy) is 1. The molecule has 0 aromatic heterocycles. The Balaban J connectivity index is 4.16. The monoisotopic (exact) mass is 184 g/mol. The van der Waals surface area contributed by atoms with Gasteiger partial charge < -0.3 is 4.74 Å². The summed E-state index contributed by atoms with van der Waals surface area (Å²) < 4.78 is 4.58. The molecule has 0 aromatic carbocycles. The molecule has 0 aliphatic carbocycles. The highest BCUT2D eigenvalue weighted by Gasteiger charge is 2.04. The number of allylic oxidation sites excluding steroid dienone is 1. The quantitative estimate of drug-likeness (QED) is 0.485. The summed E-state index contributed by atoms with van der Waals surface area (Å²) in [5.74, 6) is 0.413. The van der Waals surface area contributed by atoms with E-state index in [1.165, 1.54) is 12.7 Å². The van der Waals surface area contributed by atoms with E-state index < -0.39 is 0 Å². The molecular formula is C11H20O2. The average Bonchev–Trinajstić information content (AvgIpc) is 2.16. The van der Waals surface area contributed by atoms with E-state index in [1.807, 2.05) is 0 Å². The second-order valence-electron chi connectivity index (χ2n) is 3.40. The Labute approximate surface area is 81.0 Å². The van der Waals surface area contributed by atoms with Crippen molar-refractivity contribution >= 4 is 5.97 Å². The molecule has 0 aliphatic rings. The predicted octanol–water partition coefficient (Wildman–Crippen LogP) is 2.93. The van der Waals surface area contributed by atoms with Crippen LogP contribution >= 0.6 is 0 Å². The molecular weight excluding hydrogens is 164 g/mol. The van der Waals surface area contributed by atoms with E-state index in [-0.39, 0.29) is 5.97 Å². The molecule has 1 atom stereocenters. The van der Waals surface area contributed by atoms with Crippen LogP contribution in [0.5, 0.6) is 0 Å². The van der Waals surface area contributed by atoms with Crippen LogP contribution in [0.15, 0.2) is 11.6 Å². The molecule has 1 unspecified atom stereocenters. The SMILES string of the molecule is CCC(=CC(=O)OC)CC(C)CC. The van der Waals surface area contributed by atoms with E-state index in [0.717, 1.165) is 19.3 Å². The average molecular weight is 184 g/mol. The van der Waals surface area contributed by atoms with Gasteiger partial charge in [0.2, 0.25) is 0 Å². The number of carbonyl (C=O) groups excluding carboxylic acids is 1. The van der Waals surface area contributed by atoms with Gasteiger partial charge in [-0.15, -0.1) is 0 Å². The molecule has 2 nitrogen and oxygen atoms in total. The first-order valence-corrected chi connectivity index (χ1v) is 4.91. The van der Waals surface area contributed by atoms with Crippen molar-refractivity contribution in [1.82, 2.24) is 0 Å². The number of hydrogen-bond acceptors (Lipinski definition) is 2. The van der Waals surface area contributed by atoms with Crippen LogP contribution in [0, 0.1) is 5.92 Å². The van der Waals surface area contributed by atoms with Crippen LogP contribution in [0.25, 0.3) is 0 Å². The summed E-state index contributed by atoms with van der Waals surface area (Å²) in [4.78, 5) is 11.0. The van der Waals surface area contributed by atoms with E-state index in [4.69, 9.17) is 0 Å². The summed E-state index contributed by atoms with van der Waals surface area (Å²) in [6, 6.07) is 0. The molecule has 0 aromatic rings. The molecule has 0 rings (SSSR count). The maximum Gasteiger partial charge on any atom is 0.330 e. The fraction of sp³-hybridized carbons (Fsp3) is 0.727. The lowest BCUT2D eigenvalue weighted by atomic mass is 9.97. The first kappa shape index (κ1) is 12.2. The summed E-state index contributed by atoms with van der Waals surface area (Å²) in [5, 5.41) is 0. The van der Waals surface area contributed by atoms with E-state index in [0.29, 0.717) is 5.92 Å². The third-order valence-corrected chi connectivity index (χ3v) is 2.28. The normalized spacial score (nSPS) is 14.0. The molecule has 76 valence electrons. The van der Waals surface area contributed by atoms with Crippen LogP contribution in [0.3, 0.4) is 0 Å². The summed E-state index contributed by atoms with van der Waals surface area (Å²) >= 11 is 0. The summed E-state index contributed by atoms with van der Waals surface area (Å²) in [5.41, 5.74) is 1.18. The van der Waals surface area contributed by atoms with Gasteiger partial charge in [-0.3, -0.25) is 0 Å². The smallest absolute Gasteiger partial charge is 0.330 e. The Bertz CT molecular complexity index is 183. The van der Waals surface area contributed by atoms with Gasteiger partial charge in [0.25, 0.3) is 0 Å². The molecule has 0 spiro atoms. The zero-order valence-corrected chi connectivity index (χ0v) is 9.09. The molecule has 13 heavy (non-hydrogen) atoms. The lowest BCUT2D eigenvalue weighted by Crippen LogP contribution is -2.00. The fourth-order valence-corrected chi connectivity index (χ4v) is 1.12. The molecule has 0 bridgehead atoms. The molecule has 0 radical (unpaired) electrons. The minimum Gasteiger partial charge on any atom is -0.466 e.